The number of carbonyl (C=O) groups excluding carboxylic acids is 2. The summed E-state index contributed by atoms with van der Waals surface area (Å²) >= 11 is 0. The van der Waals surface area contributed by atoms with Gasteiger partial charge in [0.05, 0.1) is 6.61 Å². The Morgan fingerprint density at radius 2 is 2.00 bits per heavy atom. The van der Waals surface area contributed by atoms with Crippen LogP contribution < -0.4 is 10.6 Å². The van der Waals surface area contributed by atoms with E-state index in [0.29, 0.717) is 6.61 Å². The van der Waals surface area contributed by atoms with Crippen molar-refractivity contribution in [1.29, 1.82) is 0 Å². The van der Waals surface area contributed by atoms with Crippen LogP contribution in [-0.2, 0) is 19.0 Å². The van der Waals surface area contributed by atoms with Crippen LogP contribution in [0.15, 0.2) is 0 Å². The lowest BCUT2D eigenvalue weighted by molar-refractivity contribution is -0.177. The highest BCUT2D eigenvalue weighted by molar-refractivity contribution is 6.04. The van der Waals surface area contributed by atoms with Crippen molar-refractivity contribution in [3.05, 3.63) is 0 Å². The van der Waals surface area contributed by atoms with Crippen molar-refractivity contribution in [2.45, 2.75) is 44.0 Å². The van der Waals surface area contributed by atoms with Crippen LogP contribution >= 0.6 is 0 Å². The smallest absolute Gasteiger partial charge is 0.322 e. The first-order valence-corrected chi connectivity index (χ1v) is 5.55. The van der Waals surface area contributed by atoms with E-state index in [0.717, 1.165) is 0 Å². The fourth-order valence-corrected chi connectivity index (χ4v) is 2.52. The number of urea groups is 1. The fourth-order valence-electron chi connectivity index (χ4n) is 2.52. The summed E-state index contributed by atoms with van der Waals surface area (Å²) in [6.07, 6.45) is -0.993. The molecule has 0 radical (unpaired) electrons. The predicted octanol–water partition coefficient (Wildman–Crippen LogP) is -0.887. The Morgan fingerprint density at radius 3 is 2.65 bits per heavy atom. The molecule has 3 fully saturated rings. The number of imide groups is 1. The summed E-state index contributed by atoms with van der Waals surface area (Å²) in [5, 5.41) is 4.70. The number of nitrogens with one attached hydrogen (secondary N) is 2. The minimum atomic E-state index is -0.699. The average molecular weight is 242 g/mol. The van der Waals surface area contributed by atoms with Crippen LogP contribution in [0.4, 0.5) is 4.79 Å². The molecule has 0 aromatic carbocycles. The molecule has 4 atom stereocenters. The predicted molar refractivity (Wildman–Crippen MR) is 54.0 cm³/mol. The Bertz CT molecular complexity index is 383. The van der Waals surface area contributed by atoms with E-state index in [2.05, 4.69) is 10.6 Å². The van der Waals surface area contributed by atoms with E-state index in [1.54, 1.807) is 0 Å². The summed E-state index contributed by atoms with van der Waals surface area (Å²) in [4.78, 5) is 22.6. The monoisotopic (exact) mass is 242 g/mol. The van der Waals surface area contributed by atoms with Gasteiger partial charge in [-0.05, 0) is 13.8 Å². The second-order valence-electron chi connectivity index (χ2n) is 4.88. The molecular formula is C10H14N2O5. The number of hydrogen-bond donors (Lipinski definition) is 2. The third-order valence-electron chi connectivity index (χ3n) is 3.13. The molecule has 3 rings (SSSR count). The first kappa shape index (κ1) is 10.9. The van der Waals surface area contributed by atoms with Crippen LogP contribution in [0.1, 0.15) is 13.8 Å². The number of rotatable bonds is 1. The van der Waals surface area contributed by atoms with Crippen molar-refractivity contribution in [1.82, 2.24) is 10.6 Å². The molecule has 94 valence electrons. The van der Waals surface area contributed by atoms with E-state index in [-0.39, 0.29) is 18.1 Å². The highest BCUT2D eigenvalue weighted by Crippen LogP contribution is 2.36. The van der Waals surface area contributed by atoms with Crippen molar-refractivity contribution < 1.29 is 23.8 Å². The van der Waals surface area contributed by atoms with Crippen molar-refractivity contribution in [3.63, 3.8) is 0 Å². The minimum absolute atomic E-state index is 0.180. The summed E-state index contributed by atoms with van der Waals surface area (Å²) in [7, 11) is 0. The van der Waals surface area contributed by atoms with Gasteiger partial charge in [0.15, 0.2) is 5.79 Å². The summed E-state index contributed by atoms with van der Waals surface area (Å²) in [5.41, 5.74) is 0. The van der Waals surface area contributed by atoms with Gasteiger partial charge >= 0.3 is 6.03 Å². The largest absolute Gasteiger partial charge is 0.370 e. The first-order valence-electron chi connectivity index (χ1n) is 5.55. The van der Waals surface area contributed by atoms with E-state index in [4.69, 9.17) is 14.2 Å². The Kier molecular flexibility index (Phi) is 2.19. The van der Waals surface area contributed by atoms with E-state index >= 15 is 0 Å². The molecule has 3 aliphatic rings. The molecule has 17 heavy (non-hydrogen) atoms. The second kappa shape index (κ2) is 3.41. The summed E-state index contributed by atoms with van der Waals surface area (Å²) < 4.78 is 16.8. The zero-order valence-electron chi connectivity index (χ0n) is 9.56. The molecule has 0 saturated carbocycles. The third kappa shape index (κ3) is 1.70. The molecule has 0 aromatic heterocycles. The van der Waals surface area contributed by atoms with E-state index in [1.165, 1.54) is 0 Å². The van der Waals surface area contributed by atoms with Crippen molar-refractivity contribution in [3.8, 4) is 0 Å². The van der Waals surface area contributed by atoms with Crippen LogP contribution in [0.3, 0.4) is 0 Å². The molecular weight excluding hydrogens is 228 g/mol. The number of amides is 3. The molecule has 3 heterocycles. The maximum atomic E-state index is 11.6. The molecule has 0 aromatic rings. The second-order valence-corrected chi connectivity index (χ2v) is 4.88. The molecule has 7 heteroatoms. The van der Waals surface area contributed by atoms with Crippen LogP contribution in [0, 0.1) is 0 Å². The van der Waals surface area contributed by atoms with Crippen LogP contribution in [-0.4, -0.2) is 48.7 Å². The Balaban J connectivity index is 1.77. The lowest BCUT2D eigenvalue weighted by Gasteiger charge is -2.23. The highest BCUT2D eigenvalue weighted by Gasteiger charge is 2.55. The number of hydrogen-bond acceptors (Lipinski definition) is 5. The van der Waals surface area contributed by atoms with Gasteiger partial charge in [0.25, 0.3) is 5.91 Å². The molecule has 2 unspecified atom stereocenters. The summed E-state index contributed by atoms with van der Waals surface area (Å²) in [6.45, 7) is 4.00. The summed E-state index contributed by atoms with van der Waals surface area (Å²) in [5.74, 6) is -1.05. The molecule has 7 nitrogen and oxygen atoms in total. The first-order chi connectivity index (χ1) is 7.96. The lowest BCUT2D eigenvalue weighted by Crippen LogP contribution is -2.47. The van der Waals surface area contributed by atoms with Gasteiger partial charge in [-0.1, -0.05) is 0 Å². The van der Waals surface area contributed by atoms with Crippen LogP contribution in [0.25, 0.3) is 0 Å². The van der Waals surface area contributed by atoms with Gasteiger partial charge in [0.2, 0.25) is 0 Å². The molecule has 2 N–H and O–H groups in total. The maximum absolute atomic E-state index is 11.6. The van der Waals surface area contributed by atoms with Gasteiger partial charge in [-0.2, -0.15) is 0 Å². The van der Waals surface area contributed by atoms with Crippen LogP contribution in [0.2, 0.25) is 0 Å². The maximum Gasteiger partial charge on any atom is 0.322 e. The Hall–Kier alpha value is -1.18. The zero-order valence-corrected chi connectivity index (χ0v) is 9.56. The van der Waals surface area contributed by atoms with Gasteiger partial charge in [-0.25, -0.2) is 4.79 Å². The van der Waals surface area contributed by atoms with Crippen molar-refractivity contribution >= 4 is 11.9 Å². The standard InChI is InChI=1S/C10H14N2O5/c1-10(2)16-4-3-15-7(6(4)17-10)5-8(13)12-9(14)11-5/h4-7H,3H2,1-2H3,(H2,11,12,13,14)/t4-,5?,6-,7?/m1/s1. The van der Waals surface area contributed by atoms with Gasteiger partial charge in [-0.15, -0.1) is 0 Å². The van der Waals surface area contributed by atoms with E-state index < -0.39 is 24.0 Å². The van der Waals surface area contributed by atoms with Crippen molar-refractivity contribution in [2.75, 3.05) is 6.61 Å². The third-order valence-corrected chi connectivity index (χ3v) is 3.13. The lowest BCUT2D eigenvalue weighted by atomic mass is 10.0. The molecule has 0 spiro atoms. The molecule has 0 aliphatic carbocycles. The molecule has 3 amide bonds. The normalized spacial score (nSPS) is 43.4. The number of ether oxygens (including phenoxy) is 3. The zero-order chi connectivity index (χ0) is 12.2. The van der Waals surface area contributed by atoms with E-state index in [1.807, 2.05) is 13.8 Å². The average Bonchev–Trinajstić information content (AvgIpc) is 2.78. The fraction of sp³-hybridized carbons (Fsp3) is 0.800. The minimum Gasteiger partial charge on any atom is -0.370 e. The summed E-state index contributed by atoms with van der Waals surface area (Å²) in [6, 6.07) is -1.19. The molecule has 3 aliphatic heterocycles. The van der Waals surface area contributed by atoms with Gasteiger partial charge in [-0.3, -0.25) is 10.1 Å². The topological polar surface area (TPSA) is 85.9 Å². The molecule has 0 bridgehead atoms. The molecule has 3 saturated heterocycles. The SMILES string of the molecule is CC1(C)O[C@@H]2COC(C3NC(=O)NC3=O)[C@@H]2O1. The number of fused-ring (bicyclic) bond motifs is 1. The highest BCUT2D eigenvalue weighted by atomic mass is 16.8. The van der Waals surface area contributed by atoms with Crippen molar-refractivity contribution in [2.24, 2.45) is 0 Å². The Morgan fingerprint density at radius 1 is 1.24 bits per heavy atom. The van der Waals surface area contributed by atoms with Gasteiger partial charge in [0, 0.05) is 0 Å². The van der Waals surface area contributed by atoms with Crippen LogP contribution in [0.5, 0.6) is 0 Å². The van der Waals surface area contributed by atoms with Gasteiger partial charge < -0.3 is 19.5 Å². The van der Waals surface area contributed by atoms with Gasteiger partial charge in [0.1, 0.15) is 24.4 Å². The Labute approximate surface area is 97.8 Å². The van der Waals surface area contributed by atoms with E-state index in [9.17, 15) is 9.59 Å². The quantitative estimate of drug-likeness (QED) is 0.583. The number of carbonyl (C=O) groups is 2.